The van der Waals surface area contributed by atoms with Gasteiger partial charge in [0.05, 0.1) is 11.4 Å². The first-order valence-electron chi connectivity index (χ1n) is 5.73. The molecule has 4 N–H and O–H groups in total. The van der Waals surface area contributed by atoms with Gasteiger partial charge in [-0.25, -0.2) is 0 Å². The van der Waals surface area contributed by atoms with Gasteiger partial charge >= 0.3 is 0 Å². The lowest BCUT2D eigenvalue weighted by molar-refractivity contribution is 1.35. The van der Waals surface area contributed by atoms with E-state index in [2.05, 4.69) is 0 Å². The molecule has 0 radical (unpaired) electrons. The Morgan fingerprint density at radius 1 is 1.10 bits per heavy atom. The van der Waals surface area contributed by atoms with Crippen LogP contribution < -0.4 is 11.5 Å². The van der Waals surface area contributed by atoms with Crippen molar-refractivity contribution >= 4 is 11.4 Å². The van der Waals surface area contributed by atoms with E-state index in [9.17, 15) is 0 Å². The van der Waals surface area contributed by atoms with E-state index in [1.54, 1.807) is 0 Å². The molecule has 0 unspecified atom stereocenters. The van der Waals surface area contributed by atoms with Crippen LogP contribution in [0.4, 0.5) is 11.4 Å². The van der Waals surface area contributed by atoms with Crippen molar-refractivity contribution in [1.82, 2.24) is 0 Å². The zero-order valence-electron chi connectivity index (χ0n) is 11.3. The number of benzene rings is 1. The molecule has 10 heavy (non-hydrogen) atoms. The first-order chi connectivity index (χ1) is 7.03. The molecule has 0 aromatic heterocycles. The molecule has 0 spiro atoms. The number of rotatable bonds is 0. The van der Waals surface area contributed by atoms with Crippen LogP contribution in [0.2, 0.25) is 0 Å². The minimum absolute atomic E-state index is 0.0686. The van der Waals surface area contributed by atoms with Crippen molar-refractivity contribution in [2.45, 2.75) is 13.7 Å². The number of hydrogen-bond donors (Lipinski definition) is 2. The number of hydrogen-bond acceptors (Lipinski definition) is 2. The van der Waals surface area contributed by atoms with Gasteiger partial charge in [0.15, 0.2) is 0 Å². The van der Waals surface area contributed by atoms with Crippen LogP contribution in [0.3, 0.4) is 0 Å². The highest BCUT2D eigenvalue weighted by Crippen LogP contribution is 2.18. The SMILES string of the molecule is [2H]C([2H])([2H])c1cc(N)c(N)cc1C([2H])([2H])[2H]. The van der Waals surface area contributed by atoms with Crippen LogP contribution in [0.5, 0.6) is 0 Å². The average molecular weight is 142 g/mol. The molecule has 0 aliphatic heterocycles. The summed E-state index contributed by atoms with van der Waals surface area (Å²) < 4.78 is 43.5. The van der Waals surface area contributed by atoms with Crippen LogP contribution in [-0.2, 0) is 0 Å². The van der Waals surface area contributed by atoms with Gasteiger partial charge in [-0.05, 0) is 37.0 Å². The smallest absolute Gasteiger partial charge is 0.0550 e. The predicted octanol–water partition coefficient (Wildman–Crippen LogP) is 1.47. The molecule has 0 saturated carbocycles. The molecular weight excluding hydrogens is 124 g/mol. The van der Waals surface area contributed by atoms with Crippen LogP contribution in [-0.4, -0.2) is 0 Å². The molecule has 0 fully saturated rings. The monoisotopic (exact) mass is 142 g/mol. The summed E-state index contributed by atoms with van der Waals surface area (Å²) in [6, 6.07) is 2.20. The van der Waals surface area contributed by atoms with Crippen molar-refractivity contribution in [1.29, 1.82) is 0 Å². The summed E-state index contributed by atoms with van der Waals surface area (Å²) in [6.45, 7) is -5.04. The fourth-order valence-corrected chi connectivity index (χ4v) is 0.633. The molecular formula is C8H12N2. The van der Waals surface area contributed by atoms with Crippen molar-refractivity contribution in [2.75, 3.05) is 11.5 Å². The number of nitrogens with two attached hydrogens (primary N) is 2. The zero-order chi connectivity index (χ0) is 12.7. The second-order valence-electron chi connectivity index (χ2n) is 2.03. The molecule has 0 atom stereocenters. The lowest BCUT2D eigenvalue weighted by Crippen LogP contribution is -1.96. The second-order valence-corrected chi connectivity index (χ2v) is 2.03. The van der Waals surface area contributed by atoms with Gasteiger partial charge < -0.3 is 11.5 Å². The Bertz CT molecular complexity index is 367. The Kier molecular flexibility index (Phi) is 0.543. The van der Waals surface area contributed by atoms with Crippen molar-refractivity contribution < 1.29 is 8.22 Å². The van der Waals surface area contributed by atoms with Crippen LogP contribution in [0.25, 0.3) is 0 Å². The molecule has 0 heterocycles. The van der Waals surface area contributed by atoms with Crippen molar-refractivity contribution in [3.8, 4) is 0 Å². The Hall–Kier alpha value is -1.18. The standard InChI is InChI=1S/C8H12N2/c1-5-3-7(9)8(10)4-6(5)2/h3-4H,9-10H2,1-2H3/i1D3,2D3. The topological polar surface area (TPSA) is 52.0 Å². The van der Waals surface area contributed by atoms with E-state index in [0.717, 1.165) is 12.1 Å². The Morgan fingerprint density at radius 3 is 1.80 bits per heavy atom. The first kappa shape index (κ1) is 2.46. The summed E-state index contributed by atoms with van der Waals surface area (Å²) in [4.78, 5) is 0. The molecule has 54 valence electrons. The van der Waals surface area contributed by atoms with Crippen molar-refractivity contribution in [3.63, 3.8) is 0 Å². The van der Waals surface area contributed by atoms with Gasteiger partial charge in [0.2, 0.25) is 0 Å². The van der Waals surface area contributed by atoms with Gasteiger partial charge in [-0.3, -0.25) is 0 Å². The van der Waals surface area contributed by atoms with Gasteiger partial charge in [0.1, 0.15) is 0 Å². The number of nitrogen functional groups attached to an aromatic ring is 2. The van der Waals surface area contributed by atoms with Crippen LogP contribution >= 0.6 is 0 Å². The Labute approximate surface area is 69.3 Å². The highest BCUT2D eigenvalue weighted by molar-refractivity contribution is 5.65. The fraction of sp³-hybridized carbons (Fsp3) is 0.250. The van der Waals surface area contributed by atoms with Crippen LogP contribution in [0.15, 0.2) is 12.1 Å². The molecule has 0 aliphatic carbocycles. The maximum atomic E-state index is 7.25. The van der Waals surface area contributed by atoms with E-state index in [1.807, 2.05) is 0 Å². The number of anilines is 2. The third-order valence-electron chi connectivity index (χ3n) is 1.22. The minimum atomic E-state index is -2.52. The Balaban J connectivity index is 3.53. The van der Waals surface area contributed by atoms with Crippen molar-refractivity contribution in [2.24, 2.45) is 0 Å². The molecule has 2 nitrogen and oxygen atoms in total. The maximum absolute atomic E-state index is 7.25. The highest BCUT2D eigenvalue weighted by Gasteiger charge is 1.96. The van der Waals surface area contributed by atoms with Gasteiger partial charge in [-0.15, -0.1) is 0 Å². The van der Waals surface area contributed by atoms with Crippen LogP contribution in [0.1, 0.15) is 19.4 Å². The normalized spacial score (nSPS) is 21.2. The summed E-state index contributed by atoms with van der Waals surface area (Å²) in [6.07, 6.45) is 0. The summed E-state index contributed by atoms with van der Waals surface area (Å²) >= 11 is 0. The van der Waals surface area contributed by atoms with Crippen LogP contribution in [0, 0.1) is 13.7 Å². The molecule has 1 aromatic carbocycles. The molecule has 2 heteroatoms. The lowest BCUT2D eigenvalue weighted by atomic mass is 10.1. The lowest BCUT2D eigenvalue weighted by Gasteiger charge is -2.03. The van der Waals surface area contributed by atoms with E-state index in [0.29, 0.717) is 0 Å². The summed E-state index contributed by atoms with van der Waals surface area (Å²) in [7, 11) is 0. The number of aryl methyl sites for hydroxylation is 2. The molecule has 0 bridgehead atoms. The third kappa shape index (κ3) is 1.05. The molecule has 0 saturated heterocycles. The van der Waals surface area contributed by atoms with Gasteiger partial charge in [0.25, 0.3) is 0 Å². The average Bonchev–Trinajstić information content (AvgIpc) is 2.05. The maximum Gasteiger partial charge on any atom is 0.0550 e. The first-order valence-corrected chi connectivity index (χ1v) is 2.73. The highest BCUT2D eigenvalue weighted by atomic mass is 14.7. The van der Waals surface area contributed by atoms with Crippen molar-refractivity contribution in [3.05, 3.63) is 23.3 Å². The van der Waals surface area contributed by atoms with E-state index in [4.69, 9.17) is 19.7 Å². The van der Waals surface area contributed by atoms with E-state index >= 15 is 0 Å². The fourth-order valence-electron chi connectivity index (χ4n) is 0.633. The minimum Gasteiger partial charge on any atom is -0.397 e. The second kappa shape index (κ2) is 2.21. The van der Waals surface area contributed by atoms with E-state index in [-0.39, 0.29) is 22.5 Å². The van der Waals surface area contributed by atoms with Gasteiger partial charge in [-0.2, -0.15) is 0 Å². The summed E-state index contributed by atoms with van der Waals surface area (Å²) in [5.41, 5.74) is 10.5. The molecule has 1 aromatic rings. The largest absolute Gasteiger partial charge is 0.397 e. The van der Waals surface area contributed by atoms with Gasteiger partial charge in [-0.1, -0.05) is 0 Å². The molecule has 0 amide bonds. The summed E-state index contributed by atoms with van der Waals surface area (Å²) in [5, 5.41) is 0. The molecule has 1 rings (SSSR count). The van der Waals surface area contributed by atoms with E-state index in [1.165, 1.54) is 0 Å². The molecule has 0 aliphatic rings. The Morgan fingerprint density at radius 2 is 1.50 bits per heavy atom. The third-order valence-corrected chi connectivity index (χ3v) is 1.22. The van der Waals surface area contributed by atoms with E-state index < -0.39 is 13.7 Å². The quantitative estimate of drug-likeness (QED) is 0.539. The predicted molar refractivity (Wildman–Crippen MR) is 44.7 cm³/mol. The summed E-state index contributed by atoms with van der Waals surface area (Å²) in [5.74, 6) is 0. The zero-order valence-corrected chi connectivity index (χ0v) is 5.31. The van der Waals surface area contributed by atoms with Gasteiger partial charge in [0, 0.05) is 8.22 Å².